The second-order valence-electron chi connectivity index (χ2n) is 7.33. The van der Waals surface area contributed by atoms with Gasteiger partial charge in [0.1, 0.15) is 0 Å². The Bertz CT molecular complexity index is 1140. The summed E-state index contributed by atoms with van der Waals surface area (Å²) in [6, 6.07) is 10.5. The van der Waals surface area contributed by atoms with E-state index in [1.54, 1.807) is 35.9 Å². The van der Waals surface area contributed by atoms with Crippen LogP contribution in [0.25, 0.3) is 0 Å². The molecule has 168 valence electrons. The lowest BCUT2D eigenvalue weighted by molar-refractivity contribution is -0.113. The van der Waals surface area contributed by atoms with Gasteiger partial charge in [0.15, 0.2) is 11.0 Å². The van der Waals surface area contributed by atoms with E-state index in [0.717, 1.165) is 20.4 Å². The van der Waals surface area contributed by atoms with Crippen molar-refractivity contribution in [2.24, 2.45) is 7.05 Å². The number of rotatable bonds is 7. The number of aromatic nitrogens is 3. The lowest BCUT2D eigenvalue weighted by Crippen LogP contribution is -2.28. The number of hydrogen-bond donors (Lipinski definition) is 2. The number of nitrogens with one attached hydrogen (secondary N) is 2. The molecule has 3 rings (SSSR count). The maximum atomic E-state index is 12.5. The number of carbonyl (C=O) groups excluding carboxylic acids is 2. The SMILES string of the molecule is Cc1cc(I)cc(C)c1NC(=O)CSc1nnc([C@@H](C)NC(=O)c2ccccc2Cl)n1C. The second-order valence-corrected chi connectivity index (χ2v) is 9.92. The summed E-state index contributed by atoms with van der Waals surface area (Å²) in [7, 11) is 1.81. The molecule has 0 fully saturated rings. The summed E-state index contributed by atoms with van der Waals surface area (Å²) in [6.45, 7) is 5.78. The molecule has 0 unspecified atom stereocenters. The monoisotopic (exact) mass is 583 g/mol. The summed E-state index contributed by atoms with van der Waals surface area (Å²) in [5.41, 5.74) is 3.29. The van der Waals surface area contributed by atoms with Crippen molar-refractivity contribution in [3.05, 3.63) is 67.5 Å². The predicted molar refractivity (Wildman–Crippen MR) is 136 cm³/mol. The van der Waals surface area contributed by atoms with Gasteiger partial charge in [0.25, 0.3) is 5.91 Å². The highest BCUT2D eigenvalue weighted by molar-refractivity contribution is 14.1. The molecule has 0 radical (unpaired) electrons. The van der Waals surface area contributed by atoms with E-state index in [2.05, 4.69) is 43.4 Å². The minimum atomic E-state index is -0.392. The third-order valence-corrected chi connectivity index (χ3v) is 6.79. The molecule has 2 N–H and O–H groups in total. The van der Waals surface area contributed by atoms with Crippen LogP contribution in [0.1, 0.15) is 40.3 Å². The van der Waals surface area contributed by atoms with Crippen LogP contribution in [0.5, 0.6) is 0 Å². The Morgan fingerprint density at radius 3 is 2.50 bits per heavy atom. The van der Waals surface area contributed by atoms with Crippen LogP contribution >= 0.6 is 46.0 Å². The summed E-state index contributed by atoms with van der Waals surface area (Å²) in [5.74, 6) is 0.365. The maximum absolute atomic E-state index is 12.5. The van der Waals surface area contributed by atoms with E-state index in [-0.39, 0.29) is 17.6 Å². The van der Waals surface area contributed by atoms with Crippen LogP contribution in [-0.2, 0) is 11.8 Å². The first-order valence-corrected chi connectivity index (χ1v) is 12.3. The molecule has 2 aromatic carbocycles. The Morgan fingerprint density at radius 1 is 1.19 bits per heavy atom. The number of aryl methyl sites for hydroxylation is 2. The average molecular weight is 584 g/mol. The molecular formula is C22H23ClIN5O2S. The second kappa shape index (κ2) is 10.7. The Kier molecular flexibility index (Phi) is 8.18. The molecule has 0 spiro atoms. The van der Waals surface area contributed by atoms with Gasteiger partial charge in [-0.1, -0.05) is 35.5 Å². The standard InChI is InChI=1S/C22H23ClIN5O2S/c1-12-9-15(24)10-13(2)19(12)26-18(30)11-32-22-28-27-20(29(22)4)14(3)25-21(31)16-7-5-6-8-17(16)23/h5-10,14H,11H2,1-4H3,(H,25,31)(H,26,30)/t14-/m1/s1. The number of halogens is 2. The topological polar surface area (TPSA) is 88.9 Å². The van der Waals surface area contributed by atoms with Crippen molar-refractivity contribution < 1.29 is 9.59 Å². The van der Waals surface area contributed by atoms with Crippen LogP contribution in [0.2, 0.25) is 5.02 Å². The zero-order valence-electron chi connectivity index (χ0n) is 18.1. The van der Waals surface area contributed by atoms with E-state index >= 15 is 0 Å². The Labute approximate surface area is 209 Å². The number of nitrogens with zero attached hydrogens (tertiary/aromatic N) is 3. The summed E-state index contributed by atoms with van der Waals surface area (Å²) in [5, 5.41) is 15.2. The smallest absolute Gasteiger partial charge is 0.253 e. The van der Waals surface area contributed by atoms with Gasteiger partial charge >= 0.3 is 0 Å². The predicted octanol–water partition coefficient (Wildman–Crippen LogP) is 4.91. The van der Waals surface area contributed by atoms with E-state index in [9.17, 15) is 9.59 Å². The number of thioether (sulfide) groups is 1. The van der Waals surface area contributed by atoms with Gasteiger partial charge in [-0.25, -0.2) is 0 Å². The van der Waals surface area contributed by atoms with Crippen LogP contribution in [-0.4, -0.2) is 32.3 Å². The van der Waals surface area contributed by atoms with Gasteiger partial charge in [0.2, 0.25) is 5.91 Å². The fraction of sp³-hybridized carbons (Fsp3) is 0.273. The highest BCUT2D eigenvalue weighted by Crippen LogP contribution is 2.25. The van der Waals surface area contributed by atoms with E-state index in [1.807, 2.05) is 32.9 Å². The van der Waals surface area contributed by atoms with Crippen LogP contribution < -0.4 is 10.6 Å². The molecule has 1 atom stereocenters. The van der Waals surface area contributed by atoms with E-state index in [0.29, 0.717) is 21.6 Å². The molecule has 0 aliphatic carbocycles. The van der Waals surface area contributed by atoms with Crippen molar-refractivity contribution in [3.8, 4) is 0 Å². The summed E-state index contributed by atoms with van der Waals surface area (Å²) >= 11 is 9.65. The van der Waals surface area contributed by atoms with E-state index in [4.69, 9.17) is 11.6 Å². The van der Waals surface area contributed by atoms with Crippen LogP contribution in [0.15, 0.2) is 41.6 Å². The minimum Gasteiger partial charge on any atom is -0.342 e. The van der Waals surface area contributed by atoms with E-state index < -0.39 is 6.04 Å². The van der Waals surface area contributed by atoms with Crippen molar-refractivity contribution in [1.29, 1.82) is 0 Å². The molecule has 1 heterocycles. The number of carbonyl (C=O) groups is 2. The van der Waals surface area contributed by atoms with Crippen molar-refractivity contribution in [1.82, 2.24) is 20.1 Å². The molecule has 2 amide bonds. The Morgan fingerprint density at radius 2 is 1.84 bits per heavy atom. The quantitative estimate of drug-likeness (QED) is 0.305. The zero-order valence-corrected chi connectivity index (χ0v) is 21.8. The molecule has 32 heavy (non-hydrogen) atoms. The first-order valence-electron chi connectivity index (χ1n) is 9.81. The van der Waals surface area contributed by atoms with Gasteiger partial charge in [-0.2, -0.15) is 0 Å². The van der Waals surface area contributed by atoms with Gasteiger partial charge in [-0.3, -0.25) is 9.59 Å². The lowest BCUT2D eigenvalue weighted by Gasteiger charge is -2.14. The lowest BCUT2D eigenvalue weighted by atomic mass is 10.1. The molecule has 1 aromatic heterocycles. The number of hydrogen-bond acceptors (Lipinski definition) is 5. The van der Waals surface area contributed by atoms with E-state index in [1.165, 1.54) is 11.8 Å². The summed E-state index contributed by atoms with van der Waals surface area (Å²) < 4.78 is 2.91. The Hall–Kier alpha value is -2.11. The van der Waals surface area contributed by atoms with Gasteiger partial charge in [-0.15, -0.1) is 10.2 Å². The molecule has 0 aliphatic heterocycles. The van der Waals surface area contributed by atoms with Crippen molar-refractivity contribution >= 4 is 63.5 Å². The van der Waals surface area contributed by atoms with Crippen LogP contribution in [0.3, 0.4) is 0 Å². The van der Waals surface area contributed by atoms with Gasteiger partial charge in [0.05, 0.1) is 22.4 Å². The molecule has 0 saturated heterocycles. The fourth-order valence-corrected chi connectivity index (χ4v) is 5.10. The summed E-state index contributed by atoms with van der Waals surface area (Å²) in [4.78, 5) is 25.0. The van der Waals surface area contributed by atoms with Crippen LogP contribution in [0, 0.1) is 17.4 Å². The van der Waals surface area contributed by atoms with Crippen molar-refractivity contribution in [2.45, 2.75) is 32.0 Å². The maximum Gasteiger partial charge on any atom is 0.253 e. The molecule has 7 nitrogen and oxygen atoms in total. The van der Waals surface area contributed by atoms with Crippen molar-refractivity contribution in [3.63, 3.8) is 0 Å². The fourth-order valence-electron chi connectivity index (χ4n) is 3.23. The van der Waals surface area contributed by atoms with Gasteiger partial charge in [-0.05, 0) is 78.8 Å². The molecule has 3 aromatic rings. The first kappa shape index (κ1) is 24.5. The normalized spacial score (nSPS) is 11.8. The average Bonchev–Trinajstić information content (AvgIpc) is 3.09. The van der Waals surface area contributed by atoms with Crippen molar-refractivity contribution in [2.75, 3.05) is 11.1 Å². The summed E-state index contributed by atoms with van der Waals surface area (Å²) in [6.07, 6.45) is 0. The number of amides is 2. The molecule has 0 aliphatic rings. The molecular weight excluding hydrogens is 561 g/mol. The van der Waals surface area contributed by atoms with Crippen LogP contribution in [0.4, 0.5) is 5.69 Å². The largest absolute Gasteiger partial charge is 0.342 e. The third-order valence-electron chi connectivity index (χ3n) is 4.82. The molecule has 0 saturated carbocycles. The minimum absolute atomic E-state index is 0.118. The number of anilines is 1. The highest BCUT2D eigenvalue weighted by atomic mass is 127. The Balaban J connectivity index is 1.61. The van der Waals surface area contributed by atoms with Gasteiger partial charge < -0.3 is 15.2 Å². The third kappa shape index (κ3) is 5.81. The number of benzene rings is 2. The molecule has 0 bridgehead atoms. The zero-order chi connectivity index (χ0) is 23.4. The van der Waals surface area contributed by atoms with Gasteiger partial charge in [0, 0.05) is 16.3 Å². The highest BCUT2D eigenvalue weighted by Gasteiger charge is 2.20. The molecule has 10 heteroatoms. The first-order chi connectivity index (χ1) is 15.2.